The summed E-state index contributed by atoms with van der Waals surface area (Å²) in [6.07, 6.45) is 0.915. The summed E-state index contributed by atoms with van der Waals surface area (Å²) >= 11 is 0. The zero-order valence-corrected chi connectivity index (χ0v) is 8.56. The molecule has 2 bridgehead atoms. The van der Waals surface area contributed by atoms with Crippen molar-refractivity contribution < 1.29 is 14.6 Å². The number of piperidine rings is 1. The van der Waals surface area contributed by atoms with Crippen molar-refractivity contribution in [2.45, 2.75) is 50.4 Å². The SMILES string of the molecule is CC1(C)O[C@H]2[C@H]3C[C@H](NC[C@@H]3O)[C@H]2O1. The smallest absolute Gasteiger partial charge is 0.163 e. The van der Waals surface area contributed by atoms with Crippen LogP contribution in [0.3, 0.4) is 0 Å². The molecule has 5 atom stereocenters. The molecule has 3 rings (SSSR count). The van der Waals surface area contributed by atoms with Gasteiger partial charge in [0.25, 0.3) is 0 Å². The highest BCUT2D eigenvalue weighted by Gasteiger charge is 2.57. The van der Waals surface area contributed by atoms with Gasteiger partial charge in [0.05, 0.1) is 12.2 Å². The van der Waals surface area contributed by atoms with Crippen LogP contribution in [0.5, 0.6) is 0 Å². The van der Waals surface area contributed by atoms with Crippen molar-refractivity contribution in [1.29, 1.82) is 0 Å². The number of nitrogens with one attached hydrogen (secondary N) is 1. The van der Waals surface area contributed by atoms with Crippen LogP contribution in [0.1, 0.15) is 20.3 Å². The van der Waals surface area contributed by atoms with Gasteiger partial charge in [0, 0.05) is 18.5 Å². The van der Waals surface area contributed by atoms with Crippen molar-refractivity contribution in [1.82, 2.24) is 5.32 Å². The zero-order chi connectivity index (χ0) is 9.92. The van der Waals surface area contributed by atoms with Gasteiger partial charge in [0.1, 0.15) is 6.10 Å². The van der Waals surface area contributed by atoms with E-state index in [-0.39, 0.29) is 24.2 Å². The predicted molar refractivity (Wildman–Crippen MR) is 49.7 cm³/mol. The van der Waals surface area contributed by atoms with Crippen LogP contribution in [0.25, 0.3) is 0 Å². The highest BCUT2D eigenvalue weighted by Crippen LogP contribution is 2.44. The van der Waals surface area contributed by atoms with Crippen molar-refractivity contribution in [2.24, 2.45) is 5.92 Å². The normalized spacial score (nSPS) is 54.6. The van der Waals surface area contributed by atoms with Crippen LogP contribution in [0.15, 0.2) is 0 Å². The third kappa shape index (κ3) is 1.15. The number of hydrogen-bond donors (Lipinski definition) is 2. The molecule has 1 aliphatic carbocycles. The van der Waals surface area contributed by atoms with E-state index < -0.39 is 5.79 Å². The van der Waals surface area contributed by atoms with Crippen molar-refractivity contribution in [3.8, 4) is 0 Å². The summed E-state index contributed by atoms with van der Waals surface area (Å²) in [4.78, 5) is 0. The summed E-state index contributed by atoms with van der Waals surface area (Å²) in [5.74, 6) is -0.224. The minimum atomic E-state index is -0.481. The monoisotopic (exact) mass is 199 g/mol. The number of ether oxygens (including phenoxy) is 2. The third-order valence-electron chi connectivity index (χ3n) is 3.59. The summed E-state index contributed by atoms with van der Waals surface area (Å²) < 4.78 is 11.7. The lowest BCUT2D eigenvalue weighted by atomic mass is 9.96. The number of aliphatic hydroxyl groups is 1. The molecule has 0 amide bonds. The quantitative estimate of drug-likeness (QED) is 0.570. The first-order chi connectivity index (χ1) is 6.57. The number of rotatable bonds is 0. The fourth-order valence-electron chi connectivity index (χ4n) is 3.02. The van der Waals surface area contributed by atoms with Crippen LogP contribution in [-0.4, -0.2) is 41.8 Å². The molecule has 0 aromatic heterocycles. The second-order valence-electron chi connectivity index (χ2n) is 5.05. The maximum Gasteiger partial charge on any atom is 0.163 e. The number of β-amino-alcohol motifs (C(OH)–C–C–N with tert-alkyl or cyclic N) is 1. The molecule has 2 saturated heterocycles. The molecule has 4 heteroatoms. The van der Waals surface area contributed by atoms with Gasteiger partial charge in [-0.2, -0.15) is 0 Å². The van der Waals surface area contributed by atoms with Crippen molar-refractivity contribution >= 4 is 0 Å². The van der Waals surface area contributed by atoms with Crippen LogP contribution >= 0.6 is 0 Å². The zero-order valence-electron chi connectivity index (χ0n) is 8.56. The Morgan fingerprint density at radius 1 is 1.29 bits per heavy atom. The standard InChI is InChI=1S/C10H17NO3/c1-10(2)13-8-5-3-6(9(8)14-10)11-4-7(5)12/h5-9,11-12H,3-4H2,1-2H3/t5-,6-,7-,8-,9+/m0/s1. The Morgan fingerprint density at radius 2 is 2.00 bits per heavy atom. The van der Waals surface area contributed by atoms with Crippen molar-refractivity contribution in [3.63, 3.8) is 0 Å². The Balaban J connectivity index is 1.87. The van der Waals surface area contributed by atoms with E-state index >= 15 is 0 Å². The van der Waals surface area contributed by atoms with Crippen LogP contribution in [0.4, 0.5) is 0 Å². The maximum atomic E-state index is 9.81. The van der Waals surface area contributed by atoms with E-state index in [0.29, 0.717) is 12.6 Å². The van der Waals surface area contributed by atoms with E-state index in [1.807, 2.05) is 13.8 Å². The number of aliphatic hydroxyl groups excluding tert-OH is 1. The first kappa shape index (κ1) is 9.09. The molecule has 0 radical (unpaired) electrons. The highest BCUT2D eigenvalue weighted by molar-refractivity contribution is 5.07. The molecule has 2 N–H and O–H groups in total. The molecule has 14 heavy (non-hydrogen) atoms. The molecule has 1 saturated carbocycles. The van der Waals surface area contributed by atoms with E-state index in [1.54, 1.807) is 0 Å². The predicted octanol–water partition coefficient (Wildman–Crippen LogP) is -0.141. The number of hydrogen-bond acceptors (Lipinski definition) is 4. The molecule has 0 spiro atoms. The Bertz CT molecular complexity index is 256. The van der Waals surface area contributed by atoms with Crippen LogP contribution in [0.2, 0.25) is 0 Å². The summed E-state index contributed by atoms with van der Waals surface area (Å²) in [5.41, 5.74) is 0. The van der Waals surface area contributed by atoms with Crippen LogP contribution in [0, 0.1) is 5.92 Å². The van der Waals surface area contributed by atoms with Gasteiger partial charge in [-0.15, -0.1) is 0 Å². The van der Waals surface area contributed by atoms with Gasteiger partial charge in [0.15, 0.2) is 5.79 Å². The Labute approximate surface area is 83.6 Å². The average molecular weight is 199 g/mol. The second kappa shape index (κ2) is 2.70. The molecule has 2 aliphatic heterocycles. The average Bonchev–Trinajstić information content (AvgIpc) is 2.53. The molecule has 3 aliphatic rings. The lowest BCUT2D eigenvalue weighted by molar-refractivity contribution is -0.166. The third-order valence-corrected chi connectivity index (χ3v) is 3.59. The lowest BCUT2D eigenvalue weighted by Gasteiger charge is -2.30. The molecular weight excluding hydrogens is 182 g/mol. The second-order valence-corrected chi connectivity index (χ2v) is 5.05. The van der Waals surface area contributed by atoms with Crippen molar-refractivity contribution in [3.05, 3.63) is 0 Å². The molecule has 3 fully saturated rings. The van der Waals surface area contributed by atoms with E-state index in [2.05, 4.69) is 5.32 Å². The fraction of sp³-hybridized carbons (Fsp3) is 1.00. The summed E-state index contributed by atoms with van der Waals surface area (Å²) in [6, 6.07) is 0.371. The van der Waals surface area contributed by atoms with Gasteiger partial charge in [-0.05, 0) is 20.3 Å². The minimum absolute atomic E-state index is 0.0833. The van der Waals surface area contributed by atoms with Gasteiger partial charge >= 0.3 is 0 Å². The largest absolute Gasteiger partial charge is 0.391 e. The molecule has 0 unspecified atom stereocenters. The Kier molecular flexibility index (Phi) is 1.75. The van der Waals surface area contributed by atoms with Gasteiger partial charge in [-0.3, -0.25) is 0 Å². The lowest BCUT2D eigenvalue weighted by Crippen LogP contribution is -2.46. The van der Waals surface area contributed by atoms with Gasteiger partial charge in [0.2, 0.25) is 0 Å². The Morgan fingerprint density at radius 3 is 2.79 bits per heavy atom. The fourth-order valence-corrected chi connectivity index (χ4v) is 3.02. The molecule has 2 heterocycles. The van der Waals surface area contributed by atoms with Gasteiger partial charge in [-0.1, -0.05) is 0 Å². The number of fused-ring (bicyclic) bond motifs is 5. The van der Waals surface area contributed by atoms with Crippen LogP contribution < -0.4 is 5.32 Å². The van der Waals surface area contributed by atoms with E-state index in [4.69, 9.17) is 9.47 Å². The van der Waals surface area contributed by atoms with E-state index in [0.717, 1.165) is 6.42 Å². The maximum absolute atomic E-state index is 9.81. The Hall–Kier alpha value is -0.160. The van der Waals surface area contributed by atoms with Gasteiger partial charge in [-0.25, -0.2) is 0 Å². The summed E-state index contributed by atoms with van der Waals surface area (Å²) in [6.45, 7) is 4.55. The highest BCUT2D eigenvalue weighted by atomic mass is 16.8. The van der Waals surface area contributed by atoms with Gasteiger partial charge < -0.3 is 19.9 Å². The van der Waals surface area contributed by atoms with E-state index in [1.165, 1.54) is 0 Å². The summed E-state index contributed by atoms with van der Waals surface area (Å²) in [7, 11) is 0. The molecule has 0 aromatic rings. The molecule has 80 valence electrons. The van der Waals surface area contributed by atoms with Crippen LogP contribution in [-0.2, 0) is 9.47 Å². The first-order valence-electron chi connectivity index (χ1n) is 5.34. The minimum Gasteiger partial charge on any atom is -0.391 e. The molecule has 0 aromatic carbocycles. The molecular formula is C10H17NO3. The van der Waals surface area contributed by atoms with E-state index in [9.17, 15) is 5.11 Å². The first-order valence-corrected chi connectivity index (χ1v) is 5.34. The van der Waals surface area contributed by atoms with Crippen molar-refractivity contribution in [2.75, 3.05) is 6.54 Å². The topological polar surface area (TPSA) is 50.7 Å². The molecule has 4 nitrogen and oxygen atoms in total. The summed E-state index contributed by atoms with van der Waals surface area (Å²) in [5, 5.41) is 13.1.